The number of aliphatic hydroxyl groups excluding tert-OH is 1. The predicted octanol–water partition coefficient (Wildman–Crippen LogP) is 0.429. The first-order valence-corrected chi connectivity index (χ1v) is 14.6. The summed E-state index contributed by atoms with van der Waals surface area (Å²) in [6, 6.07) is 2.04. The fourth-order valence-electron chi connectivity index (χ4n) is 5.05. The molecule has 0 spiro atoms. The minimum absolute atomic E-state index is 0.00893. The molecule has 0 aliphatic carbocycles. The van der Waals surface area contributed by atoms with Gasteiger partial charge in [-0.1, -0.05) is 19.0 Å². The smallest absolute Gasteiger partial charge is 0.274 e. The second-order valence-electron chi connectivity index (χ2n) is 11.5. The molecule has 45 heavy (non-hydrogen) atoms. The first kappa shape index (κ1) is 33.1. The van der Waals surface area contributed by atoms with Crippen molar-refractivity contribution in [3.8, 4) is 0 Å². The number of fused-ring (bicyclic) bond motifs is 3. The van der Waals surface area contributed by atoms with Crippen LogP contribution in [0.1, 0.15) is 55.2 Å². The van der Waals surface area contributed by atoms with Crippen molar-refractivity contribution in [3.05, 3.63) is 52.8 Å². The molecule has 0 unspecified atom stereocenters. The van der Waals surface area contributed by atoms with Crippen LogP contribution in [0.25, 0.3) is 10.9 Å². The highest BCUT2D eigenvalue weighted by Crippen LogP contribution is 2.24. The number of aliphatic hydroxyl groups is 1. The summed E-state index contributed by atoms with van der Waals surface area (Å²) in [5.74, 6) is -3.82. The lowest BCUT2D eigenvalue weighted by atomic mass is 10.0. The van der Waals surface area contributed by atoms with Crippen molar-refractivity contribution >= 4 is 40.4 Å². The van der Waals surface area contributed by atoms with Gasteiger partial charge in [0.25, 0.3) is 5.91 Å². The van der Waals surface area contributed by atoms with Gasteiger partial charge in [0.2, 0.25) is 23.6 Å². The highest BCUT2D eigenvalue weighted by molar-refractivity contribution is 5.98. The molecule has 1 aliphatic rings. The molecule has 0 radical (unpaired) electrons. The van der Waals surface area contributed by atoms with Crippen LogP contribution in [0.3, 0.4) is 0 Å². The van der Waals surface area contributed by atoms with Gasteiger partial charge in [-0.25, -0.2) is 4.39 Å². The number of rotatable bonds is 4. The first-order valence-electron chi connectivity index (χ1n) is 14.6. The zero-order chi connectivity index (χ0) is 33.0. The standard InChI is InChI=1S/C30H38FN7O7/c1-14(2)25-29(43)32-8-9-38(24(40)12-20-15(3)33-22-7-6-18(31)10-21(20)22)13-19-11-23(37-45-19)28(42)36-26(17(5)39)30(44)34-16(4)27(41)35-25/h6-7,10-11,14,16-17,25-26,33,39H,8-9,12-13H2,1-5H3,(H,32,43)(H,34,44)(H,35,41)(H,36,42)/t16-,17+,25-,26-/m0/s1. The van der Waals surface area contributed by atoms with Crippen molar-refractivity contribution in [2.75, 3.05) is 13.1 Å². The minimum atomic E-state index is -1.45. The molecule has 1 aliphatic heterocycles. The largest absolute Gasteiger partial charge is 0.391 e. The normalized spacial score (nSPS) is 21.4. The van der Waals surface area contributed by atoms with Crippen molar-refractivity contribution in [2.45, 2.75) is 71.8 Å². The van der Waals surface area contributed by atoms with E-state index in [0.717, 1.165) is 0 Å². The van der Waals surface area contributed by atoms with Gasteiger partial charge in [0.05, 0.1) is 19.1 Å². The SMILES string of the molecule is Cc1[nH]c2ccc(F)cc2c1CC(=O)N1CCNC(=O)[C@H](C(C)C)NC(=O)[C@H](C)NC(=O)[C@H]([C@@H](C)O)NC(=O)c2cc(on2)C1. The summed E-state index contributed by atoms with van der Waals surface area (Å²) in [6.45, 7) is 7.86. The summed E-state index contributed by atoms with van der Waals surface area (Å²) in [7, 11) is 0. The van der Waals surface area contributed by atoms with Crippen molar-refractivity contribution in [1.29, 1.82) is 0 Å². The first-order chi connectivity index (χ1) is 21.2. The summed E-state index contributed by atoms with van der Waals surface area (Å²) in [5, 5.41) is 24.8. The molecular formula is C30H38FN7O7. The van der Waals surface area contributed by atoms with Gasteiger partial charge in [0.1, 0.15) is 23.9 Å². The molecule has 3 heterocycles. The number of hydrogen-bond donors (Lipinski definition) is 6. The highest BCUT2D eigenvalue weighted by Gasteiger charge is 2.32. The Hall–Kier alpha value is -4.79. The van der Waals surface area contributed by atoms with Gasteiger partial charge in [0, 0.05) is 35.8 Å². The molecule has 0 saturated heterocycles. The molecule has 242 valence electrons. The van der Waals surface area contributed by atoms with Crippen LogP contribution in [-0.4, -0.2) is 87.0 Å². The number of halogens is 1. The van der Waals surface area contributed by atoms with Gasteiger partial charge in [-0.05, 0) is 50.5 Å². The van der Waals surface area contributed by atoms with E-state index in [1.165, 1.54) is 36.9 Å². The molecule has 2 bridgehead atoms. The fourth-order valence-corrected chi connectivity index (χ4v) is 5.05. The van der Waals surface area contributed by atoms with Crippen LogP contribution in [0.5, 0.6) is 0 Å². The average molecular weight is 628 g/mol. The highest BCUT2D eigenvalue weighted by atomic mass is 19.1. The Labute approximate surface area is 258 Å². The second kappa shape index (κ2) is 13.9. The Morgan fingerprint density at radius 2 is 1.80 bits per heavy atom. The van der Waals surface area contributed by atoms with Crippen LogP contribution in [0.2, 0.25) is 0 Å². The van der Waals surface area contributed by atoms with Gasteiger partial charge < -0.3 is 40.8 Å². The van der Waals surface area contributed by atoms with Crippen molar-refractivity contribution in [1.82, 2.24) is 36.3 Å². The summed E-state index contributed by atoms with van der Waals surface area (Å²) in [6.07, 6.45) is -1.44. The number of nitrogens with one attached hydrogen (secondary N) is 5. The lowest BCUT2D eigenvalue weighted by Gasteiger charge is -2.26. The maximum absolute atomic E-state index is 14.0. The molecule has 14 nitrogen and oxygen atoms in total. The Morgan fingerprint density at radius 1 is 1.07 bits per heavy atom. The van der Waals surface area contributed by atoms with Crippen molar-refractivity contribution in [2.24, 2.45) is 5.92 Å². The van der Waals surface area contributed by atoms with E-state index in [2.05, 4.69) is 31.4 Å². The van der Waals surface area contributed by atoms with Crippen molar-refractivity contribution < 1.29 is 38.0 Å². The van der Waals surface area contributed by atoms with Gasteiger partial charge >= 0.3 is 0 Å². The van der Waals surface area contributed by atoms with E-state index in [0.29, 0.717) is 22.2 Å². The molecule has 4 atom stereocenters. The minimum Gasteiger partial charge on any atom is -0.391 e. The molecule has 1 aromatic carbocycles. The predicted molar refractivity (Wildman–Crippen MR) is 159 cm³/mol. The number of aromatic amines is 1. The number of aryl methyl sites for hydroxylation is 1. The van der Waals surface area contributed by atoms with E-state index in [9.17, 15) is 33.5 Å². The molecule has 3 aromatic rings. The maximum atomic E-state index is 14.0. The Balaban J connectivity index is 1.64. The monoisotopic (exact) mass is 627 g/mol. The Morgan fingerprint density at radius 3 is 2.49 bits per heavy atom. The molecule has 5 amide bonds. The van der Waals surface area contributed by atoms with Crippen LogP contribution in [0.4, 0.5) is 4.39 Å². The number of amides is 5. The van der Waals surface area contributed by atoms with E-state index < -0.39 is 53.7 Å². The number of H-pyrrole nitrogens is 1. The van der Waals surface area contributed by atoms with Crippen LogP contribution in [-0.2, 0) is 32.1 Å². The molecular weight excluding hydrogens is 589 g/mol. The molecule has 15 heteroatoms. The number of benzene rings is 1. The van der Waals surface area contributed by atoms with Gasteiger partial charge in [-0.2, -0.15) is 0 Å². The Bertz CT molecular complexity index is 1600. The third-order valence-corrected chi connectivity index (χ3v) is 7.63. The number of aromatic nitrogens is 2. The third-order valence-electron chi connectivity index (χ3n) is 7.63. The summed E-state index contributed by atoms with van der Waals surface area (Å²) >= 11 is 0. The van der Waals surface area contributed by atoms with E-state index in [4.69, 9.17) is 4.52 Å². The third kappa shape index (κ3) is 7.84. The van der Waals surface area contributed by atoms with Crippen molar-refractivity contribution in [3.63, 3.8) is 0 Å². The van der Waals surface area contributed by atoms with E-state index in [-0.39, 0.29) is 49.3 Å². The molecule has 6 N–H and O–H groups in total. The number of hydrogen-bond acceptors (Lipinski definition) is 8. The molecule has 0 fully saturated rings. The van der Waals surface area contributed by atoms with E-state index in [1.54, 1.807) is 26.8 Å². The molecule has 4 rings (SSSR count). The number of carbonyl (C=O) groups excluding carboxylic acids is 5. The lowest BCUT2D eigenvalue weighted by molar-refractivity contribution is -0.134. The number of carbonyl (C=O) groups is 5. The fraction of sp³-hybridized carbons (Fsp3) is 0.467. The Kier molecular flexibility index (Phi) is 10.2. The zero-order valence-electron chi connectivity index (χ0n) is 25.7. The second-order valence-corrected chi connectivity index (χ2v) is 11.5. The van der Waals surface area contributed by atoms with Crippen LogP contribution in [0.15, 0.2) is 28.8 Å². The van der Waals surface area contributed by atoms with Crippen LogP contribution in [0, 0.1) is 18.7 Å². The average Bonchev–Trinajstić information content (AvgIpc) is 3.56. The molecule has 2 aromatic heterocycles. The molecule has 0 saturated carbocycles. The maximum Gasteiger partial charge on any atom is 0.274 e. The van der Waals surface area contributed by atoms with Crippen LogP contribution < -0.4 is 21.3 Å². The summed E-state index contributed by atoms with van der Waals surface area (Å²) in [4.78, 5) is 70.1. The van der Waals surface area contributed by atoms with Crippen LogP contribution >= 0.6 is 0 Å². The van der Waals surface area contributed by atoms with Gasteiger partial charge in [0.15, 0.2) is 11.5 Å². The summed E-state index contributed by atoms with van der Waals surface area (Å²) < 4.78 is 19.4. The van der Waals surface area contributed by atoms with Gasteiger partial charge in [-0.3, -0.25) is 24.0 Å². The quantitative estimate of drug-likeness (QED) is 0.239. The lowest BCUT2D eigenvalue weighted by Crippen LogP contribution is -2.58. The topological polar surface area (TPSA) is 199 Å². The number of nitrogens with zero attached hydrogens (tertiary/aromatic N) is 2. The summed E-state index contributed by atoms with van der Waals surface area (Å²) in [5.41, 5.74) is 1.77. The zero-order valence-corrected chi connectivity index (χ0v) is 25.7. The van der Waals surface area contributed by atoms with E-state index in [1.807, 2.05) is 0 Å². The van der Waals surface area contributed by atoms with E-state index >= 15 is 0 Å². The van der Waals surface area contributed by atoms with Gasteiger partial charge in [-0.15, -0.1) is 0 Å².